The molecule has 0 heterocycles. The van der Waals surface area contributed by atoms with Crippen LogP contribution in [0.2, 0.25) is 0 Å². The lowest BCUT2D eigenvalue weighted by Crippen LogP contribution is -2.08. The van der Waals surface area contributed by atoms with Crippen LogP contribution in [0.3, 0.4) is 0 Å². The van der Waals surface area contributed by atoms with Crippen molar-refractivity contribution in [2.24, 2.45) is 11.8 Å². The van der Waals surface area contributed by atoms with Gasteiger partial charge in [-0.05, 0) is 31.1 Å². The summed E-state index contributed by atoms with van der Waals surface area (Å²) in [4.78, 5) is 0. The van der Waals surface area contributed by atoms with E-state index < -0.39 is 0 Å². The molecule has 90 valence electrons. The van der Waals surface area contributed by atoms with Gasteiger partial charge < -0.3 is 0 Å². The minimum Gasteiger partial charge on any atom is -0.103 e. The average Bonchev–Trinajstić information content (AvgIpc) is 2.25. The molecule has 0 N–H and O–H groups in total. The smallest absolute Gasteiger partial charge is 0.0351 e. The molecule has 0 spiro atoms. The first-order chi connectivity index (χ1) is 7.28. The largest absolute Gasteiger partial charge is 0.103 e. The molecule has 0 aromatic heterocycles. The van der Waals surface area contributed by atoms with Gasteiger partial charge in [0.25, 0.3) is 0 Å². The van der Waals surface area contributed by atoms with Crippen molar-refractivity contribution in [2.45, 2.75) is 72.1 Å². The zero-order valence-electron chi connectivity index (χ0n) is 11.1. The average molecular weight is 210 g/mol. The van der Waals surface area contributed by atoms with Gasteiger partial charge >= 0.3 is 0 Å². The van der Waals surface area contributed by atoms with Crippen LogP contribution in [-0.2, 0) is 0 Å². The zero-order chi connectivity index (χ0) is 11.5. The second-order valence-electron chi connectivity index (χ2n) is 4.82. The summed E-state index contributed by atoms with van der Waals surface area (Å²) in [5, 5.41) is 0. The molecule has 0 saturated carbocycles. The van der Waals surface area contributed by atoms with Gasteiger partial charge in [0.05, 0.1) is 0 Å². The van der Waals surface area contributed by atoms with Crippen LogP contribution in [0.5, 0.6) is 0 Å². The first-order valence-corrected chi connectivity index (χ1v) is 6.89. The quantitative estimate of drug-likeness (QED) is 0.413. The monoisotopic (exact) mass is 210 g/mol. The molecule has 0 radical (unpaired) electrons. The van der Waals surface area contributed by atoms with Crippen LogP contribution >= 0.6 is 0 Å². The Labute approximate surface area is 97.2 Å². The van der Waals surface area contributed by atoms with E-state index in [4.69, 9.17) is 0 Å². The fourth-order valence-electron chi connectivity index (χ4n) is 2.51. The van der Waals surface area contributed by atoms with E-state index in [1.54, 1.807) is 0 Å². The number of hydrogen-bond acceptors (Lipinski definition) is 0. The summed E-state index contributed by atoms with van der Waals surface area (Å²) >= 11 is 0. The third-order valence-corrected chi connectivity index (χ3v) is 3.42. The van der Waals surface area contributed by atoms with Crippen LogP contribution in [-0.4, -0.2) is 0 Å². The van der Waals surface area contributed by atoms with Gasteiger partial charge in [0.2, 0.25) is 0 Å². The predicted octanol–water partition coefficient (Wildman–Crippen LogP) is 5.59. The second kappa shape index (κ2) is 10.3. The molecule has 0 saturated heterocycles. The van der Waals surface area contributed by atoms with Gasteiger partial charge in [-0.2, -0.15) is 0 Å². The fourth-order valence-corrected chi connectivity index (χ4v) is 2.51. The van der Waals surface area contributed by atoms with Crippen LogP contribution in [0, 0.1) is 11.8 Å². The number of rotatable bonds is 10. The molecule has 0 aliphatic rings. The Bertz CT molecular complexity index is 137. The van der Waals surface area contributed by atoms with Gasteiger partial charge in [-0.1, -0.05) is 59.0 Å². The molecule has 2 atom stereocenters. The maximum absolute atomic E-state index is 3.83. The third kappa shape index (κ3) is 7.64. The molecule has 0 heteroatoms. The third-order valence-electron chi connectivity index (χ3n) is 3.42. The molecular formula is C15H30. The Kier molecular flexibility index (Phi) is 10.1. The minimum absolute atomic E-state index is 0.949. The van der Waals surface area contributed by atoms with Crippen LogP contribution in [0.1, 0.15) is 72.1 Å². The normalized spacial score (nSPS) is 14.9. The van der Waals surface area contributed by atoms with Crippen LogP contribution in [0.25, 0.3) is 0 Å². The molecule has 0 aliphatic carbocycles. The number of hydrogen-bond donors (Lipinski definition) is 0. The molecule has 0 bridgehead atoms. The van der Waals surface area contributed by atoms with Gasteiger partial charge in [0, 0.05) is 0 Å². The standard InChI is InChI=1S/C15H30/c1-5-9-12-15(11-7-3)13-14(8-4)10-6-2/h5,14-15H,1,6-13H2,2-4H3. The van der Waals surface area contributed by atoms with E-state index in [9.17, 15) is 0 Å². The highest BCUT2D eigenvalue weighted by Crippen LogP contribution is 2.26. The van der Waals surface area contributed by atoms with Gasteiger partial charge in [-0.3, -0.25) is 0 Å². The summed E-state index contributed by atoms with van der Waals surface area (Å²) in [6.45, 7) is 10.8. The predicted molar refractivity (Wildman–Crippen MR) is 71.1 cm³/mol. The van der Waals surface area contributed by atoms with E-state index in [0.29, 0.717) is 0 Å². The molecule has 0 aromatic carbocycles. The topological polar surface area (TPSA) is 0 Å². The van der Waals surface area contributed by atoms with Crippen molar-refractivity contribution < 1.29 is 0 Å². The first-order valence-electron chi connectivity index (χ1n) is 6.89. The van der Waals surface area contributed by atoms with Crippen LogP contribution < -0.4 is 0 Å². The van der Waals surface area contributed by atoms with E-state index >= 15 is 0 Å². The summed E-state index contributed by atoms with van der Waals surface area (Å²) in [6, 6.07) is 0. The van der Waals surface area contributed by atoms with Crippen molar-refractivity contribution in [2.75, 3.05) is 0 Å². The van der Waals surface area contributed by atoms with Crippen molar-refractivity contribution in [3.8, 4) is 0 Å². The summed E-state index contributed by atoms with van der Waals surface area (Å²) in [7, 11) is 0. The first kappa shape index (κ1) is 14.7. The summed E-state index contributed by atoms with van der Waals surface area (Å²) in [6.07, 6.45) is 13.0. The molecule has 0 aliphatic heterocycles. The van der Waals surface area contributed by atoms with Crippen LogP contribution in [0.4, 0.5) is 0 Å². The number of allylic oxidation sites excluding steroid dienone is 1. The van der Waals surface area contributed by atoms with Gasteiger partial charge in [-0.15, -0.1) is 6.58 Å². The molecule has 2 unspecified atom stereocenters. The molecular weight excluding hydrogens is 180 g/mol. The minimum atomic E-state index is 0.949. The highest BCUT2D eigenvalue weighted by atomic mass is 14.2. The Balaban J connectivity index is 3.92. The van der Waals surface area contributed by atoms with E-state index in [0.717, 1.165) is 11.8 Å². The molecule has 15 heavy (non-hydrogen) atoms. The fraction of sp³-hybridized carbons (Fsp3) is 0.867. The van der Waals surface area contributed by atoms with Crippen molar-refractivity contribution in [1.82, 2.24) is 0 Å². The zero-order valence-corrected chi connectivity index (χ0v) is 11.1. The van der Waals surface area contributed by atoms with E-state index in [-0.39, 0.29) is 0 Å². The van der Waals surface area contributed by atoms with Crippen molar-refractivity contribution in [3.63, 3.8) is 0 Å². The maximum atomic E-state index is 3.83. The SMILES string of the molecule is C=CCCC(CCC)CC(CC)CCC. The summed E-state index contributed by atoms with van der Waals surface area (Å²) in [5.41, 5.74) is 0. The molecule has 0 nitrogen and oxygen atoms in total. The Hall–Kier alpha value is -0.260. The molecule has 0 fully saturated rings. The van der Waals surface area contributed by atoms with Gasteiger partial charge in [0.15, 0.2) is 0 Å². The van der Waals surface area contributed by atoms with Gasteiger partial charge in [0.1, 0.15) is 0 Å². The van der Waals surface area contributed by atoms with Crippen molar-refractivity contribution >= 4 is 0 Å². The van der Waals surface area contributed by atoms with E-state index in [1.807, 2.05) is 0 Å². The lowest BCUT2D eigenvalue weighted by molar-refractivity contribution is 0.312. The lowest BCUT2D eigenvalue weighted by atomic mass is 9.84. The van der Waals surface area contributed by atoms with Crippen molar-refractivity contribution in [1.29, 1.82) is 0 Å². The molecule has 0 amide bonds. The van der Waals surface area contributed by atoms with E-state index in [2.05, 4.69) is 33.4 Å². The lowest BCUT2D eigenvalue weighted by Gasteiger charge is -2.21. The second-order valence-corrected chi connectivity index (χ2v) is 4.82. The van der Waals surface area contributed by atoms with Gasteiger partial charge in [-0.25, -0.2) is 0 Å². The van der Waals surface area contributed by atoms with E-state index in [1.165, 1.54) is 51.4 Å². The summed E-state index contributed by atoms with van der Waals surface area (Å²) in [5.74, 6) is 1.92. The molecule has 0 rings (SSSR count). The highest BCUT2D eigenvalue weighted by Gasteiger charge is 2.13. The Morgan fingerprint density at radius 2 is 1.53 bits per heavy atom. The van der Waals surface area contributed by atoms with Crippen molar-refractivity contribution in [3.05, 3.63) is 12.7 Å². The maximum Gasteiger partial charge on any atom is -0.0351 e. The van der Waals surface area contributed by atoms with Crippen LogP contribution in [0.15, 0.2) is 12.7 Å². The Morgan fingerprint density at radius 3 is 2.00 bits per heavy atom. The highest BCUT2D eigenvalue weighted by molar-refractivity contribution is 4.72. The molecule has 0 aromatic rings. The summed E-state index contributed by atoms with van der Waals surface area (Å²) < 4.78 is 0. The Morgan fingerprint density at radius 1 is 0.933 bits per heavy atom.